The molecule has 1 aromatic carbocycles. The fourth-order valence-electron chi connectivity index (χ4n) is 2.91. The van der Waals surface area contributed by atoms with Crippen molar-refractivity contribution in [1.29, 1.82) is 0 Å². The lowest BCUT2D eigenvalue weighted by atomic mass is 9.92. The van der Waals surface area contributed by atoms with Gasteiger partial charge in [-0.2, -0.15) is 0 Å². The van der Waals surface area contributed by atoms with Crippen LogP contribution in [0.4, 0.5) is 0 Å². The first kappa shape index (κ1) is 19.6. The zero-order valence-electron chi connectivity index (χ0n) is 12.7. The number of nitrogens with two attached hydrogens (primary N) is 1. The van der Waals surface area contributed by atoms with E-state index < -0.39 is 0 Å². The van der Waals surface area contributed by atoms with Crippen LogP contribution >= 0.6 is 35.6 Å². The van der Waals surface area contributed by atoms with Crippen molar-refractivity contribution in [3.8, 4) is 0 Å². The first-order valence-corrected chi connectivity index (χ1v) is 8.20. The molecule has 1 aliphatic rings. The van der Waals surface area contributed by atoms with Gasteiger partial charge in [-0.25, -0.2) is 0 Å². The summed E-state index contributed by atoms with van der Waals surface area (Å²) in [7, 11) is 0. The van der Waals surface area contributed by atoms with Crippen LogP contribution in [0.25, 0.3) is 0 Å². The van der Waals surface area contributed by atoms with Crippen LogP contribution in [0.5, 0.6) is 0 Å². The molecule has 1 fully saturated rings. The number of benzene rings is 1. The Hall–Kier alpha value is -0.480. The molecule has 0 saturated carbocycles. The van der Waals surface area contributed by atoms with E-state index >= 15 is 0 Å². The zero-order valence-corrected chi connectivity index (χ0v) is 15.1. The van der Waals surface area contributed by atoms with Crippen LogP contribution in [0.2, 0.25) is 10.0 Å². The second-order valence-electron chi connectivity index (χ2n) is 5.84. The molecule has 1 aliphatic heterocycles. The first-order valence-electron chi connectivity index (χ1n) is 7.44. The van der Waals surface area contributed by atoms with Gasteiger partial charge in [-0.3, -0.25) is 4.79 Å². The SMILES string of the molecule is CC1CCN(C(=O)CCc2ccc(Cl)cc2Cl)C(CN)C1.Cl. The number of aryl methyl sites for hydroxylation is 1. The van der Waals surface area contributed by atoms with Gasteiger partial charge in [0, 0.05) is 35.6 Å². The number of carbonyl (C=O) groups is 1. The molecular formula is C16H23Cl3N2O. The Bertz CT molecular complexity index is 510. The van der Waals surface area contributed by atoms with Gasteiger partial charge in [-0.05, 0) is 42.9 Å². The molecule has 0 radical (unpaired) electrons. The molecule has 6 heteroatoms. The quantitative estimate of drug-likeness (QED) is 0.878. The van der Waals surface area contributed by atoms with Crippen molar-refractivity contribution >= 4 is 41.5 Å². The van der Waals surface area contributed by atoms with E-state index in [4.69, 9.17) is 28.9 Å². The summed E-state index contributed by atoms with van der Waals surface area (Å²) in [6, 6.07) is 5.59. The van der Waals surface area contributed by atoms with E-state index in [-0.39, 0.29) is 24.4 Å². The Balaban J connectivity index is 0.00000242. The zero-order chi connectivity index (χ0) is 15.4. The van der Waals surface area contributed by atoms with Crippen LogP contribution in [0.1, 0.15) is 31.7 Å². The summed E-state index contributed by atoms with van der Waals surface area (Å²) >= 11 is 12.0. The maximum Gasteiger partial charge on any atom is 0.223 e. The van der Waals surface area contributed by atoms with Crippen LogP contribution in [-0.2, 0) is 11.2 Å². The Kier molecular flexibility index (Phi) is 7.98. The van der Waals surface area contributed by atoms with Crippen molar-refractivity contribution in [2.24, 2.45) is 11.7 Å². The second kappa shape index (κ2) is 8.97. The van der Waals surface area contributed by atoms with Gasteiger partial charge >= 0.3 is 0 Å². The molecule has 2 atom stereocenters. The Morgan fingerprint density at radius 2 is 2.14 bits per heavy atom. The minimum atomic E-state index is 0. The number of amides is 1. The lowest BCUT2D eigenvalue weighted by molar-refractivity contribution is -0.135. The largest absolute Gasteiger partial charge is 0.338 e. The normalized spacial score (nSPS) is 21.4. The fourth-order valence-corrected chi connectivity index (χ4v) is 3.42. The number of hydrogen-bond donors (Lipinski definition) is 1. The van der Waals surface area contributed by atoms with Gasteiger partial charge in [0.05, 0.1) is 0 Å². The second-order valence-corrected chi connectivity index (χ2v) is 6.69. The number of halogens is 3. The first-order chi connectivity index (χ1) is 10.0. The van der Waals surface area contributed by atoms with Crippen molar-refractivity contribution < 1.29 is 4.79 Å². The van der Waals surface area contributed by atoms with E-state index in [9.17, 15) is 4.79 Å². The Morgan fingerprint density at radius 1 is 1.41 bits per heavy atom. The maximum absolute atomic E-state index is 12.4. The third kappa shape index (κ3) is 5.02. The number of carbonyl (C=O) groups excluding carboxylic acids is 1. The van der Waals surface area contributed by atoms with Crippen LogP contribution in [0, 0.1) is 5.92 Å². The molecule has 1 aromatic rings. The smallest absolute Gasteiger partial charge is 0.223 e. The summed E-state index contributed by atoms with van der Waals surface area (Å²) in [6.45, 7) is 3.58. The summed E-state index contributed by atoms with van der Waals surface area (Å²) in [4.78, 5) is 14.4. The van der Waals surface area contributed by atoms with Gasteiger partial charge in [0.15, 0.2) is 0 Å². The molecule has 1 saturated heterocycles. The Morgan fingerprint density at radius 3 is 2.77 bits per heavy atom. The van der Waals surface area contributed by atoms with Crippen LogP contribution in [-0.4, -0.2) is 29.9 Å². The van der Waals surface area contributed by atoms with Gasteiger partial charge in [-0.1, -0.05) is 36.2 Å². The van der Waals surface area contributed by atoms with E-state index in [2.05, 4.69) is 6.92 Å². The fraction of sp³-hybridized carbons (Fsp3) is 0.562. The number of rotatable bonds is 4. The number of likely N-dealkylation sites (tertiary alicyclic amines) is 1. The van der Waals surface area contributed by atoms with E-state index in [1.807, 2.05) is 11.0 Å². The molecule has 2 N–H and O–H groups in total. The molecule has 1 amide bonds. The summed E-state index contributed by atoms with van der Waals surface area (Å²) in [5.74, 6) is 0.816. The Labute approximate surface area is 148 Å². The highest BCUT2D eigenvalue weighted by atomic mass is 35.5. The lowest BCUT2D eigenvalue weighted by Crippen LogP contribution is -2.49. The molecule has 124 valence electrons. The number of piperidine rings is 1. The molecular weight excluding hydrogens is 343 g/mol. The van der Waals surface area contributed by atoms with E-state index in [1.54, 1.807) is 12.1 Å². The van der Waals surface area contributed by atoms with Crippen LogP contribution in [0.15, 0.2) is 18.2 Å². The van der Waals surface area contributed by atoms with Gasteiger partial charge in [0.25, 0.3) is 0 Å². The topological polar surface area (TPSA) is 46.3 Å². The van der Waals surface area contributed by atoms with Crippen LogP contribution in [0.3, 0.4) is 0 Å². The monoisotopic (exact) mass is 364 g/mol. The van der Waals surface area contributed by atoms with E-state index in [0.717, 1.165) is 24.9 Å². The highest BCUT2D eigenvalue weighted by molar-refractivity contribution is 6.35. The number of nitrogens with zero attached hydrogens (tertiary/aromatic N) is 1. The predicted octanol–water partition coefficient (Wildman–Crippen LogP) is 3.93. The molecule has 3 nitrogen and oxygen atoms in total. The minimum absolute atomic E-state index is 0. The van der Waals surface area contributed by atoms with Crippen LogP contribution < -0.4 is 5.73 Å². The molecule has 0 aromatic heterocycles. The van der Waals surface area contributed by atoms with Crippen molar-refractivity contribution in [3.05, 3.63) is 33.8 Å². The molecule has 2 rings (SSSR count). The van der Waals surface area contributed by atoms with Gasteiger partial charge < -0.3 is 10.6 Å². The van der Waals surface area contributed by atoms with Crippen molar-refractivity contribution in [3.63, 3.8) is 0 Å². The maximum atomic E-state index is 12.4. The van der Waals surface area contributed by atoms with Crippen molar-refractivity contribution in [2.75, 3.05) is 13.1 Å². The van der Waals surface area contributed by atoms with E-state index in [0.29, 0.717) is 35.3 Å². The standard InChI is InChI=1S/C16H22Cl2N2O.ClH/c1-11-6-7-20(14(8-11)10-19)16(21)5-3-12-2-4-13(17)9-15(12)18;/h2,4,9,11,14H,3,5-8,10,19H2,1H3;1H. The highest BCUT2D eigenvalue weighted by Crippen LogP contribution is 2.25. The summed E-state index contributed by atoms with van der Waals surface area (Å²) in [5.41, 5.74) is 6.77. The minimum Gasteiger partial charge on any atom is -0.338 e. The van der Waals surface area contributed by atoms with Crippen molar-refractivity contribution in [2.45, 2.75) is 38.6 Å². The highest BCUT2D eigenvalue weighted by Gasteiger charge is 2.28. The van der Waals surface area contributed by atoms with Gasteiger partial charge in [0.1, 0.15) is 0 Å². The van der Waals surface area contributed by atoms with Gasteiger partial charge in [0.2, 0.25) is 5.91 Å². The third-order valence-corrected chi connectivity index (χ3v) is 4.78. The average molecular weight is 366 g/mol. The summed E-state index contributed by atoms with van der Waals surface area (Å²) in [5, 5.41) is 1.24. The predicted molar refractivity (Wildman–Crippen MR) is 95.0 cm³/mol. The summed E-state index contributed by atoms with van der Waals surface area (Å²) in [6.07, 6.45) is 3.16. The molecule has 0 bridgehead atoms. The molecule has 1 heterocycles. The summed E-state index contributed by atoms with van der Waals surface area (Å²) < 4.78 is 0. The lowest BCUT2D eigenvalue weighted by Gasteiger charge is -2.38. The molecule has 2 unspecified atom stereocenters. The third-order valence-electron chi connectivity index (χ3n) is 4.19. The molecule has 0 aliphatic carbocycles. The molecule has 22 heavy (non-hydrogen) atoms. The van der Waals surface area contributed by atoms with E-state index in [1.165, 1.54) is 0 Å². The number of hydrogen-bond acceptors (Lipinski definition) is 2. The molecule has 0 spiro atoms. The average Bonchev–Trinajstić information content (AvgIpc) is 2.45. The van der Waals surface area contributed by atoms with Crippen molar-refractivity contribution in [1.82, 2.24) is 4.90 Å². The van der Waals surface area contributed by atoms with Gasteiger partial charge in [-0.15, -0.1) is 12.4 Å².